The molecule has 0 atom stereocenters. The van der Waals surface area contributed by atoms with Gasteiger partial charge in [-0.15, -0.1) is 11.3 Å². The second kappa shape index (κ2) is 5.12. The summed E-state index contributed by atoms with van der Waals surface area (Å²) in [5, 5.41) is 3.87. The maximum Gasteiger partial charge on any atom is 0.174 e. The first-order valence-corrected chi connectivity index (χ1v) is 7.58. The Morgan fingerprint density at radius 2 is 2.18 bits per heavy atom. The fraction of sp³-hybridized carbons (Fsp3) is 0.364. The lowest BCUT2D eigenvalue weighted by Gasteiger charge is -2.04. The van der Waals surface area contributed by atoms with Crippen molar-refractivity contribution in [1.82, 2.24) is 5.16 Å². The van der Waals surface area contributed by atoms with Gasteiger partial charge in [0.15, 0.2) is 11.6 Å². The van der Waals surface area contributed by atoms with Gasteiger partial charge in [0, 0.05) is 11.1 Å². The smallest absolute Gasteiger partial charge is 0.174 e. The van der Waals surface area contributed by atoms with Gasteiger partial charge in [0.25, 0.3) is 0 Å². The number of thiophene rings is 1. The molecule has 0 spiro atoms. The SMILES string of the molecule is CC(C)Cc1c(N)noc1-c1cc(Br)sc1Br. The molecule has 0 bridgehead atoms. The van der Waals surface area contributed by atoms with E-state index in [2.05, 4.69) is 50.9 Å². The zero-order valence-corrected chi connectivity index (χ0v) is 13.4. The van der Waals surface area contributed by atoms with Gasteiger partial charge in [-0.2, -0.15) is 0 Å². The van der Waals surface area contributed by atoms with Crippen LogP contribution in [0.5, 0.6) is 0 Å². The van der Waals surface area contributed by atoms with Crippen LogP contribution < -0.4 is 5.73 Å². The summed E-state index contributed by atoms with van der Waals surface area (Å²) >= 11 is 8.59. The zero-order valence-electron chi connectivity index (χ0n) is 9.46. The lowest BCUT2D eigenvalue weighted by Crippen LogP contribution is -1.98. The van der Waals surface area contributed by atoms with Gasteiger partial charge in [0.05, 0.1) is 7.57 Å². The standard InChI is InChI=1S/C11H12Br2N2OS/c1-5(2)3-7-9(16-15-11(7)14)6-4-8(12)17-10(6)13/h4-5H,3H2,1-2H3,(H2,14,15). The first-order valence-electron chi connectivity index (χ1n) is 5.18. The first-order chi connectivity index (χ1) is 7.99. The molecule has 3 nitrogen and oxygen atoms in total. The Balaban J connectivity index is 2.48. The summed E-state index contributed by atoms with van der Waals surface area (Å²) in [6.07, 6.45) is 0.866. The van der Waals surface area contributed by atoms with Crippen LogP contribution in [0.3, 0.4) is 0 Å². The number of halogens is 2. The molecule has 0 saturated carbocycles. The minimum atomic E-state index is 0.489. The lowest BCUT2D eigenvalue weighted by atomic mass is 10.0. The predicted octanol–water partition coefficient (Wildman–Crippen LogP) is 4.71. The monoisotopic (exact) mass is 378 g/mol. The van der Waals surface area contributed by atoms with Gasteiger partial charge in [0.1, 0.15) is 0 Å². The summed E-state index contributed by atoms with van der Waals surface area (Å²) in [7, 11) is 0. The zero-order chi connectivity index (χ0) is 12.6. The van der Waals surface area contributed by atoms with E-state index < -0.39 is 0 Å². The molecule has 92 valence electrons. The third-order valence-electron chi connectivity index (χ3n) is 2.33. The number of nitrogens with zero attached hydrogens (tertiary/aromatic N) is 1. The highest BCUT2D eigenvalue weighted by atomic mass is 79.9. The molecule has 0 unspecified atom stereocenters. The molecule has 6 heteroatoms. The molecule has 0 amide bonds. The van der Waals surface area contributed by atoms with E-state index in [9.17, 15) is 0 Å². The number of rotatable bonds is 3. The van der Waals surface area contributed by atoms with Crippen molar-refractivity contribution in [3.63, 3.8) is 0 Å². The number of hydrogen-bond donors (Lipinski definition) is 1. The van der Waals surface area contributed by atoms with Crippen LogP contribution in [-0.2, 0) is 6.42 Å². The third kappa shape index (κ3) is 2.74. The van der Waals surface area contributed by atoms with E-state index >= 15 is 0 Å². The maximum atomic E-state index is 5.86. The Morgan fingerprint density at radius 3 is 2.71 bits per heavy atom. The van der Waals surface area contributed by atoms with Crippen molar-refractivity contribution in [2.75, 3.05) is 5.73 Å². The number of anilines is 1. The second-order valence-corrected chi connectivity index (χ2v) is 7.96. The average molecular weight is 380 g/mol. The fourth-order valence-electron chi connectivity index (χ4n) is 1.63. The molecule has 0 aliphatic rings. The molecule has 2 rings (SSSR count). The second-order valence-electron chi connectivity index (χ2n) is 4.21. The molecule has 0 saturated heterocycles. The lowest BCUT2D eigenvalue weighted by molar-refractivity contribution is 0.434. The molecule has 2 aromatic rings. The Hall–Kier alpha value is -0.330. The minimum Gasteiger partial charge on any atom is -0.381 e. The van der Waals surface area contributed by atoms with Gasteiger partial charge >= 0.3 is 0 Å². The van der Waals surface area contributed by atoms with Crippen LogP contribution in [0.4, 0.5) is 5.82 Å². The highest BCUT2D eigenvalue weighted by molar-refractivity contribution is 9.12. The van der Waals surface area contributed by atoms with Crippen LogP contribution in [0.2, 0.25) is 0 Å². The first kappa shape index (κ1) is 13.1. The summed E-state index contributed by atoms with van der Waals surface area (Å²) in [5.41, 5.74) is 7.85. The molecular weight excluding hydrogens is 368 g/mol. The van der Waals surface area contributed by atoms with Gasteiger partial charge < -0.3 is 10.3 Å². The molecule has 2 heterocycles. The van der Waals surface area contributed by atoms with E-state index in [-0.39, 0.29) is 0 Å². The van der Waals surface area contributed by atoms with E-state index in [1.54, 1.807) is 11.3 Å². The van der Waals surface area contributed by atoms with Gasteiger partial charge in [-0.1, -0.05) is 19.0 Å². The van der Waals surface area contributed by atoms with E-state index in [0.717, 1.165) is 30.9 Å². The van der Waals surface area contributed by atoms with Crippen LogP contribution in [0.1, 0.15) is 19.4 Å². The summed E-state index contributed by atoms with van der Waals surface area (Å²) in [6, 6.07) is 2.01. The number of nitrogens with two attached hydrogens (primary N) is 1. The summed E-state index contributed by atoms with van der Waals surface area (Å²) in [4.78, 5) is 0. The Labute approximate surface area is 121 Å². The van der Waals surface area contributed by atoms with Crippen molar-refractivity contribution >= 4 is 49.0 Å². The van der Waals surface area contributed by atoms with E-state index in [1.807, 2.05) is 6.07 Å². The molecule has 2 N–H and O–H groups in total. The van der Waals surface area contributed by atoms with Gasteiger partial charge in [-0.3, -0.25) is 0 Å². The van der Waals surface area contributed by atoms with Crippen LogP contribution in [0.15, 0.2) is 18.2 Å². The van der Waals surface area contributed by atoms with Crippen molar-refractivity contribution in [1.29, 1.82) is 0 Å². The van der Waals surface area contributed by atoms with E-state index in [4.69, 9.17) is 10.3 Å². The predicted molar refractivity (Wildman–Crippen MR) is 78.2 cm³/mol. The fourth-order valence-corrected chi connectivity index (χ4v) is 4.43. The molecule has 0 aromatic carbocycles. The van der Waals surface area contributed by atoms with E-state index in [1.165, 1.54) is 0 Å². The van der Waals surface area contributed by atoms with Crippen molar-refractivity contribution in [2.24, 2.45) is 5.92 Å². The Morgan fingerprint density at radius 1 is 1.47 bits per heavy atom. The topological polar surface area (TPSA) is 52.0 Å². The van der Waals surface area contributed by atoms with Crippen LogP contribution in [-0.4, -0.2) is 5.16 Å². The molecule has 0 radical (unpaired) electrons. The molecular formula is C11H12Br2N2OS. The van der Waals surface area contributed by atoms with Crippen molar-refractivity contribution in [3.05, 3.63) is 19.2 Å². The quantitative estimate of drug-likeness (QED) is 0.840. The average Bonchev–Trinajstić information content (AvgIpc) is 2.71. The van der Waals surface area contributed by atoms with Crippen molar-refractivity contribution < 1.29 is 4.52 Å². The summed E-state index contributed by atoms with van der Waals surface area (Å²) in [6.45, 7) is 4.30. The van der Waals surface area contributed by atoms with Crippen molar-refractivity contribution in [2.45, 2.75) is 20.3 Å². The van der Waals surface area contributed by atoms with Crippen LogP contribution in [0, 0.1) is 5.92 Å². The Bertz CT molecular complexity index is 534. The third-order valence-corrected chi connectivity index (χ3v) is 4.67. The van der Waals surface area contributed by atoms with Crippen LogP contribution >= 0.6 is 43.2 Å². The van der Waals surface area contributed by atoms with E-state index in [0.29, 0.717) is 11.7 Å². The summed E-state index contributed by atoms with van der Waals surface area (Å²) < 4.78 is 7.42. The molecule has 0 fully saturated rings. The normalized spacial score (nSPS) is 11.4. The molecule has 17 heavy (non-hydrogen) atoms. The molecule has 0 aliphatic heterocycles. The minimum absolute atomic E-state index is 0.489. The van der Waals surface area contributed by atoms with Crippen LogP contribution in [0.25, 0.3) is 11.3 Å². The van der Waals surface area contributed by atoms with Gasteiger partial charge in [-0.05, 0) is 50.3 Å². The Kier molecular flexibility index (Phi) is 3.95. The maximum absolute atomic E-state index is 5.86. The largest absolute Gasteiger partial charge is 0.381 e. The number of aromatic nitrogens is 1. The van der Waals surface area contributed by atoms with Gasteiger partial charge in [-0.25, -0.2) is 0 Å². The van der Waals surface area contributed by atoms with Crippen molar-refractivity contribution in [3.8, 4) is 11.3 Å². The number of nitrogen functional groups attached to an aromatic ring is 1. The number of hydrogen-bond acceptors (Lipinski definition) is 4. The molecule has 0 aliphatic carbocycles. The highest BCUT2D eigenvalue weighted by Gasteiger charge is 2.20. The highest BCUT2D eigenvalue weighted by Crippen LogP contribution is 2.41. The molecule has 2 aromatic heterocycles. The van der Waals surface area contributed by atoms with Gasteiger partial charge in [0.2, 0.25) is 0 Å². The summed E-state index contributed by atoms with van der Waals surface area (Å²) in [5.74, 6) is 1.77.